The highest BCUT2D eigenvalue weighted by Crippen LogP contribution is 2.30. The summed E-state index contributed by atoms with van der Waals surface area (Å²) in [7, 11) is -2.98. The third-order valence-corrected chi connectivity index (χ3v) is 5.49. The lowest BCUT2D eigenvalue weighted by Crippen LogP contribution is -2.36. The monoisotopic (exact) mass is 311 g/mol. The first-order chi connectivity index (χ1) is 9.75. The van der Waals surface area contributed by atoms with Gasteiger partial charge in [0.25, 0.3) is 5.91 Å². The van der Waals surface area contributed by atoms with E-state index in [1.54, 1.807) is 18.2 Å². The summed E-state index contributed by atoms with van der Waals surface area (Å²) in [6.07, 6.45) is 0.548. The fourth-order valence-corrected chi connectivity index (χ4v) is 4.61. The molecule has 4 N–H and O–H groups in total. The first kappa shape index (κ1) is 15.6. The zero-order valence-corrected chi connectivity index (χ0v) is 13.1. The van der Waals surface area contributed by atoms with Gasteiger partial charge in [0.15, 0.2) is 9.84 Å². The molecule has 1 aliphatic heterocycles. The van der Waals surface area contributed by atoms with Gasteiger partial charge in [0.2, 0.25) is 0 Å². The molecule has 0 spiro atoms. The van der Waals surface area contributed by atoms with Crippen LogP contribution in [0, 0.1) is 0 Å². The summed E-state index contributed by atoms with van der Waals surface area (Å²) in [5, 5.41) is 5.91. The number of anilines is 2. The van der Waals surface area contributed by atoms with Crippen LogP contribution >= 0.6 is 0 Å². The van der Waals surface area contributed by atoms with Crippen LogP contribution in [0.1, 0.15) is 30.6 Å². The fraction of sp³-hybridized carbons (Fsp3) is 0.500. The maximum atomic E-state index is 11.7. The van der Waals surface area contributed by atoms with Crippen molar-refractivity contribution >= 4 is 27.1 Å². The number of nitrogen functional groups attached to an aromatic ring is 1. The van der Waals surface area contributed by atoms with Gasteiger partial charge in [-0.1, -0.05) is 0 Å². The van der Waals surface area contributed by atoms with E-state index in [0.717, 1.165) is 0 Å². The second kappa shape index (κ2) is 5.55. The van der Waals surface area contributed by atoms with E-state index < -0.39 is 15.4 Å². The predicted octanol–water partition coefficient (Wildman–Crippen LogP) is 1.01. The molecule has 1 atom stereocenters. The molecule has 6 nitrogen and oxygen atoms in total. The molecule has 1 aromatic rings. The molecule has 0 aromatic heterocycles. The summed E-state index contributed by atoms with van der Waals surface area (Å²) in [4.78, 5) is 11.7. The van der Waals surface area contributed by atoms with Crippen molar-refractivity contribution < 1.29 is 13.2 Å². The minimum Gasteiger partial charge on any atom is -0.397 e. The highest BCUT2D eigenvalue weighted by Gasteiger charge is 2.38. The van der Waals surface area contributed by atoms with Crippen LogP contribution in [0.2, 0.25) is 0 Å². The normalized spacial score (nSPS) is 23.7. The molecule has 0 saturated carbocycles. The second-order valence-electron chi connectivity index (χ2n) is 5.69. The minimum atomic E-state index is -2.98. The lowest BCUT2D eigenvalue weighted by Gasteiger charge is -2.26. The molecule has 0 aliphatic carbocycles. The third kappa shape index (κ3) is 3.66. The van der Waals surface area contributed by atoms with Crippen LogP contribution in [0.4, 0.5) is 11.4 Å². The summed E-state index contributed by atoms with van der Waals surface area (Å²) < 4.78 is 23.2. The number of hydrogen-bond acceptors (Lipinski definition) is 5. The van der Waals surface area contributed by atoms with Crippen molar-refractivity contribution in [3.05, 3.63) is 23.8 Å². The largest absolute Gasteiger partial charge is 0.397 e. The molecule has 1 heterocycles. The standard InChI is InChI=1S/C14H21N3O3S/c1-3-16-13(18)10-4-5-12(11(15)8-10)17-14(2)6-7-21(19,20)9-14/h4-5,8,17H,3,6-7,9,15H2,1-2H3,(H,16,18). The lowest BCUT2D eigenvalue weighted by molar-refractivity contribution is 0.0956. The first-order valence-corrected chi connectivity index (χ1v) is 8.73. The van der Waals surface area contributed by atoms with Gasteiger partial charge in [0.1, 0.15) is 0 Å². The Balaban J connectivity index is 2.17. The van der Waals surface area contributed by atoms with Crippen molar-refractivity contribution in [2.75, 3.05) is 29.1 Å². The summed E-state index contributed by atoms with van der Waals surface area (Å²) >= 11 is 0. The zero-order chi connectivity index (χ0) is 15.7. The topological polar surface area (TPSA) is 101 Å². The summed E-state index contributed by atoms with van der Waals surface area (Å²) in [5.41, 5.74) is 7.03. The number of amides is 1. The van der Waals surface area contributed by atoms with Crippen LogP contribution < -0.4 is 16.4 Å². The van der Waals surface area contributed by atoms with Crippen molar-refractivity contribution in [3.8, 4) is 0 Å². The average Bonchev–Trinajstić information content (AvgIpc) is 2.66. The van der Waals surface area contributed by atoms with E-state index >= 15 is 0 Å². The van der Waals surface area contributed by atoms with E-state index in [2.05, 4.69) is 10.6 Å². The van der Waals surface area contributed by atoms with Crippen LogP contribution in [0.3, 0.4) is 0 Å². The summed E-state index contributed by atoms with van der Waals surface area (Å²) in [5.74, 6) is 0.107. The van der Waals surface area contributed by atoms with Crippen LogP contribution in [-0.2, 0) is 9.84 Å². The summed E-state index contributed by atoms with van der Waals surface area (Å²) in [6.45, 7) is 4.27. The van der Waals surface area contributed by atoms with Crippen molar-refractivity contribution in [1.29, 1.82) is 0 Å². The maximum absolute atomic E-state index is 11.7. The van der Waals surface area contributed by atoms with E-state index in [1.165, 1.54) is 0 Å². The van der Waals surface area contributed by atoms with E-state index in [-0.39, 0.29) is 17.4 Å². The van der Waals surface area contributed by atoms with Gasteiger partial charge < -0.3 is 16.4 Å². The Kier molecular flexibility index (Phi) is 4.13. The molecule has 0 bridgehead atoms. The molecule has 7 heteroatoms. The SMILES string of the molecule is CCNC(=O)c1ccc(NC2(C)CCS(=O)(=O)C2)c(N)c1. The number of hydrogen-bond donors (Lipinski definition) is 3. The van der Waals surface area contributed by atoms with E-state index in [9.17, 15) is 13.2 Å². The Morgan fingerprint density at radius 1 is 1.43 bits per heavy atom. The van der Waals surface area contributed by atoms with Crippen LogP contribution in [-0.4, -0.2) is 37.9 Å². The van der Waals surface area contributed by atoms with Crippen molar-refractivity contribution in [1.82, 2.24) is 5.32 Å². The first-order valence-electron chi connectivity index (χ1n) is 6.91. The average molecular weight is 311 g/mol. The molecule has 1 fully saturated rings. The van der Waals surface area contributed by atoms with Crippen molar-refractivity contribution in [2.24, 2.45) is 0 Å². The van der Waals surface area contributed by atoms with Crippen LogP contribution in [0.5, 0.6) is 0 Å². The second-order valence-corrected chi connectivity index (χ2v) is 7.87. The predicted molar refractivity (Wildman–Crippen MR) is 84.2 cm³/mol. The number of nitrogens with one attached hydrogen (secondary N) is 2. The Bertz CT molecular complexity index is 657. The Morgan fingerprint density at radius 3 is 2.67 bits per heavy atom. The maximum Gasteiger partial charge on any atom is 0.251 e. The number of carbonyl (C=O) groups excluding carboxylic acids is 1. The van der Waals surface area contributed by atoms with Crippen molar-refractivity contribution in [3.63, 3.8) is 0 Å². The summed E-state index contributed by atoms with van der Waals surface area (Å²) in [6, 6.07) is 4.99. The van der Waals surface area contributed by atoms with Gasteiger partial charge in [-0.05, 0) is 38.5 Å². The molecular weight excluding hydrogens is 290 g/mol. The van der Waals surface area contributed by atoms with Gasteiger partial charge in [0.05, 0.1) is 22.9 Å². The highest BCUT2D eigenvalue weighted by atomic mass is 32.2. The van der Waals surface area contributed by atoms with Gasteiger partial charge >= 0.3 is 0 Å². The number of rotatable bonds is 4. The van der Waals surface area contributed by atoms with Gasteiger partial charge in [-0.2, -0.15) is 0 Å². The van der Waals surface area contributed by atoms with Gasteiger partial charge in [0, 0.05) is 17.6 Å². The van der Waals surface area contributed by atoms with E-state index in [4.69, 9.17) is 5.73 Å². The molecule has 2 rings (SSSR count). The molecule has 1 amide bonds. The molecule has 1 unspecified atom stereocenters. The van der Waals surface area contributed by atoms with Crippen LogP contribution in [0.25, 0.3) is 0 Å². The quantitative estimate of drug-likeness (QED) is 0.720. The number of sulfone groups is 1. The molecule has 1 aromatic carbocycles. The van der Waals surface area contributed by atoms with Gasteiger partial charge in [-0.15, -0.1) is 0 Å². The number of nitrogens with two attached hydrogens (primary N) is 1. The molecule has 116 valence electrons. The van der Waals surface area contributed by atoms with Crippen LogP contribution in [0.15, 0.2) is 18.2 Å². The highest BCUT2D eigenvalue weighted by molar-refractivity contribution is 7.91. The minimum absolute atomic E-state index is 0.0948. The fourth-order valence-electron chi connectivity index (χ4n) is 2.51. The Hall–Kier alpha value is -1.76. The van der Waals surface area contributed by atoms with E-state index in [1.807, 2.05) is 13.8 Å². The zero-order valence-electron chi connectivity index (χ0n) is 12.3. The molecule has 1 aliphatic rings. The molecular formula is C14H21N3O3S. The Labute approximate surface area is 125 Å². The van der Waals surface area contributed by atoms with Crippen molar-refractivity contribution in [2.45, 2.75) is 25.8 Å². The van der Waals surface area contributed by atoms with Gasteiger partial charge in [-0.3, -0.25) is 4.79 Å². The smallest absolute Gasteiger partial charge is 0.251 e. The number of benzene rings is 1. The molecule has 0 radical (unpaired) electrons. The molecule has 21 heavy (non-hydrogen) atoms. The third-order valence-electron chi connectivity index (χ3n) is 3.59. The van der Waals surface area contributed by atoms with E-state index in [0.29, 0.717) is 29.9 Å². The molecule has 1 saturated heterocycles. The van der Waals surface area contributed by atoms with Gasteiger partial charge in [-0.25, -0.2) is 8.42 Å². The Morgan fingerprint density at radius 2 is 2.14 bits per heavy atom. The number of carbonyl (C=O) groups is 1. The lowest BCUT2D eigenvalue weighted by atomic mass is 10.0.